The smallest absolute Gasteiger partial charge is 0.313 e. The summed E-state index contributed by atoms with van der Waals surface area (Å²) in [6.45, 7) is 1.61. The van der Waals surface area contributed by atoms with Gasteiger partial charge in [0.05, 0.1) is 18.6 Å². The SMILES string of the molecule is COc1ccc(-n2c(CO)nnc2SCC(=O)O)c(C)c1. The van der Waals surface area contributed by atoms with Crippen LogP contribution in [0.5, 0.6) is 5.75 Å². The van der Waals surface area contributed by atoms with Crippen molar-refractivity contribution in [2.75, 3.05) is 12.9 Å². The third-order valence-electron chi connectivity index (χ3n) is 2.81. The average molecular weight is 309 g/mol. The van der Waals surface area contributed by atoms with Gasteiger partial charge in [0.2, 0.25) is 0 Å². The van der Waals surface area contributed by atoms with Crippen molar-refractivity contribution in [2.24, 2.45) is 0 Å². The number of carboxylic acids is 1. The number of thioether (sulfide) groups is 1. The van der Waals surface area contributed by atoms with Crippen LogP contribution in [0.3, 0.4) is 0 Å². The zero-order chi connectivity index (χ0) is 15.4. The largest absolute Gasteiger partial charge is 0.497 e. The Balaban J connectivity index is 2.45. The van der Waals surface area contributed by atoms with Gasteiger partial charge in [-0.15, -0.1) is 10.2 Å². The number of rotatable bonds is 6. The third kappa shape index (κ3) is 3.34. The zero-order valence-electron chi connectivity index (χ0n) is 11.6. The van der Waals surface area contributed by atoms with Crippen LogP contribution in [-0.2, 0) is 11.4 Å². The lowest BCUT2D eigenvalue weighted by atomic mass is 10.2. The van der Waals surface area contributed by atoms with Crippen molar-refractivity contribution >= 4 is 17.7 Å². The lowest BCUT2D eigenvalue weighted by Gasteiger charge is -2.12. The quantitative estimate of drug-likeness (QED) is 0.775. The van der Waals surface area contributed by atoms with Crippen molar-refractivity contribution in [1.29, 1.82) is 0 Å². The molecule has 0 aliphatic rings. The van der Waals surface area contributed by atoms with E-state index >= 15 is 0 Å². The standard InChI is InChI=1S/C13H15N3O4S/c1-8-5-9(20-2)3-4-10(8)16-11(6-17)14-15-13(16)21-7-12(18)19/h3-5,17H,6-7H2,1-2H3,(H,18,19). The second kappa shape index (κ2) is 6.59. The fraction of sp³-hybridized carbons (Fsp3) is 0.308. The number of nitrogens with zero attached hydrogens (tertiary/aromatic N) is 3. The van der Waals surface area contributed by atoms with E-state index in [2.05, 4.69) is 10.2 Å². The van der Waals surface area contributed by atoms with Crippen molar-refractivity contribution in [3.63, 3.8) is 0 Å². The van der Waals surface area contributed by atoms with Gasteiger partial charge < -0.3 is 14.9 Å². The molecule has 2 aromatic rings. The highest BCUT2D eigenvalue weighted by molar-refractivity contribution is 7.99. The maximum Gasteiger partial charge on any atom is 0.313 e. The zero-order valence-corrected chi connectivity index (χ0v) is 12.4. The fourth-order valence-electron chi connectivity index (χ4n) is 1.87. The summed E-state index contributed by atoms with van der Waals surface area (Å²) in [5, 5.41) is 26.4. The molecule has 8 heteroatoms. The van der Waals surface area contributed by atoms with Crippen molar-refractivity contribution in [3.05, 3.63) is 29.6 Å². The number of carbonyl (C=O) groups is 1. The molecular weight excluding hydrogens is 294 g/mol. The predicted octanol–water partition coefficient (Wildman–Crippen LogP) is 1.25. The third-order valence-corrected chi connectivity index (χ3v) is 3.73. The first-order valence-electron chi connectivity index (χ1n) is 6.11. The molecule has 0 saturated carbocycles. The summed E-state index contributed by atoms with van der Waals surface area (Å²) < 4.78 is 6.82. The van der Waals surface area contributed by atoms with E-state index in [4.69, 9.17) is 9.84 Å². The number of hydrogen-bond donors (Lipinski definition) is 2. The maximum absolute atomic E-state index is 10.7. The van der Waals surface area contributed by atoms with E-state index in [9.17, 15) is 9.90 Å². The Kier molecular flexibility index (Phi) is 4.81. The summed E-state index contributed by atoms with van der Waals surface area (Å²) in [7, 11) is 1.58. The van der Waals surface area contributed by atoms with Crippen LogP contribution >= 0.6 is 11.8 Å². The Morgan fingerprint density at radius 3 is 2.76 bits per heavy atom. The molecule has 0 unspecified atom stereocenters. The molecule has 1 aromatic carbocycles. The number of carboxylic acid groups (broad SMARTS) is 1. The number of aromatic nitrogens is 3. The van der Waals surface area contributed by atoms with Gasteiger partial charge in [0, 0.05) is 0 Å². The maximum atomic E-state index is 10.7. The molecule has 21 heavy (non-hydrogen) atoms. The molecular formula is C13H15N3O4S. The fourth-order valence-corrected chi connectivity index (χ4v) is 2.55. The summed E-state index contributed by atoms with van der Waals surface area (Å²) in [5.41, 5.74) is 1.68. The molecule has 0 aliphatic carbocycles. The highest BCUT2D eigenvalue weighted by Gasteiger charge is 2.16. The molecule has 112 valence electrons. The van der Waals surface area contributed by atoms with Crippen LogP contribution in [0.2, 0.25) is 0 Å². The van der Waals surface area contributed by atoms with Crippen LogP contribution < -0.4 is 4.74 Å². The van der Waals surface area contributed by atoms with Gasteiger partial charge >= 0.3 is 5.97 Å². The average Bonchev–Trinajstić information content (AvgIpc) is 2.87. The molecule has 2 N–H and O–H groups in total. The van der Waals surface area contributed by atoms with E-state index in [0.717, 1.165) is 28.8 Å². The van der Waals surface area contributed by atoms with E-state index in [0.29, 0.717) is 11.0 Å². The first-order chi connectivity index (χ1) is 10.1. The number of methoxy groups -OCH3 is 1. The number of benzene rings is 1. The molecule has 1 aromatic heterocycles. The minimum absolute atomic E-state index is 0.126. The van der Waals surface area contributed by atoms with Crippen LogP contribution in [0, 0.1) is 6.92 Å². The minimum Gasteiger partial charge on any atom is -0.497 e. The first-order valence-corrected chi connectivity index (χ1v) is 7.10. The molecule has 0 radical (unpaired) electrons. The molecule has 0 spiro atoms. The summed E-state index contributed by atoms with van der Waals surface area (Å²) in [5.74, 6) is 0.0102. The van der Waals surface area contributed by atoms with Crippen molar-refractivity contribution in [1.82, 2.24) is 14.8 Å². The van der Waals surface area contributed by atoms with Crippen LogP contribution in [0.4, 0.5) is 0 Å². The summed E-state index contributed by atoms with van der Waals surface area (Å²) >= 11 is 1.05. The van der Waals surface area contributed by atoms with E-state index in [-0.39, 0.29) is 12.4 Å². The number of aryl methyl sites for hydroxylation is 1. The molecule has 0 fully saturated rings. The Labute approximate surface area is 125 Å². The molecule has 7 nitrogen and oxygen atoms in total. The van der Waals surface area contributed by atoms with Gasteiger partial charge in [0.25, 0.3) is 0 Å². The molecule has 1 heterocycles. The van der Waals surface area contributed by atoms with Gasteiger partial charge in [-0.1, -0.05) is 11.8 Å². The number of ether oxygens (including phenoxy) is 1. The van der Waals surface area contributed by atoms with Gasteiger partial charge in [-0.3, -0.25) is 9.36 Å². The normalized spacial score (nSPS) is 10.6. The predicted molar refractivity (Wildman–Crippen MR) is 76.9 cm³/mol. The van der Waals surface area contributed by atoms with Crippen LogP contribution in [-0.4, -0.2) is 43.8 Å². The second-order valence-electron chi connectivity index (χ2n) is 4.23. The monoisotopic (exact) mass is 309 g/mol. The number of aliphatic hydroxyl groups is 1. The van der Waals surface area contributed by atoms with E-state index in [1.54, 1.807) is 17.7 Å². The highest BCUT2D eigenvalue weighted by atomic mass is 32.2. The lowest BCUT2D eigenvalue weighted by Crippen LogP contribution is -2.06. The van der Waals surface area contributed by atoms with Gasteiger partial charge in [-0.05, 0) is 30.7 Å². The van der Waals surface area contributed by atoms with Gasteiger partial charge in [0.1, 0.15) is 12.4 Å². The summed E-state index contributed by atoms with van der Waals surface area (Å²) in [6.07, 6.45) is 0. The van der Waals surface area contributed by atoms with Gasteiger partial charge in [0.15, 0.2) is 11.0 Å². The van der Waals surface area contributed by atoms with Crippen molar-refractivity contribution in [2.45, 2.75) is 18.7 Å². The summed E-state index contributed by atoms with van der Waals surface area (Å²) in [6, 6.07) is 5.46. The molecule has 0 aliphatic heterocycles. The molecule has 0 amide bonds. The Morgan fingerprint density at radius 1 is 1.43 bits per heavy atom. The lowest BCUT2D eigenvalue weighted by molar-refractivity contribution is -0.133. The topological polar surface area (TPSA) is 97.5 Å². The summed E-state index contributed by atoms with van der Waals surface area (Å²) in [4.78, 5) is 10.7. The number of aliphatic carboxylic acids is 1. The van der Waals surface area contributed by atoms with E-state index in [1.165, 1.54) is 0 Å². The van der Waals surface area contributed by atoms with Crippen LogP contribution in [0.15, 0.2) is 23.4 Å². The molecule has 0 saturated heterocycles. The van der Waals surface area contributed by atoms with E-state index in [1.807, 2.05) is 19.1 Å². The molecule has 2 rings (SSSR count). The van der Waals surface area contributed by atoms with Gasteiger partial charge in [-0.25, -0.2) is 0 Å². The Hall–Kier alpha value is -2.06. The number of aliphatic hydroxyl groups excluding tert-OH is 1. The van der Waals surface area contributed by atoms with Gasteiger partial charge in [-0.2, -0.15) is 0 Å². The Morgan fingerprint density at radius 2 is 2.19 bits per heavy atom. The van der Waals surface area contributed by atoms with Crippen LogP contribution in [0.25, 0.3) is 5.69 Å². The van der Waals surface area contributed by atoms with Crippen molar-refractivity contribution in [3.8, 4) is 11.4 Å². The van der Waals surface area contributed by atoms with Crippen LogP contribution in [0.1, 0.15) is 11.4 Å². The minimum atomic E-state index is -0.938. The first kappa shape index (κ1) is 15.3. The van der Waals surface area contributed by atoms with E-state index < -0.39 is 5.97 Å². The molecule has 0 bridgehead atoms. The Bertz CT molecular complexity index is 657. The second-order valence-corrected chi connectivity index (χ2v) is 5.17. The molecule has 0 atom stereocenters. The number of hydrogen-bond acceptors (Lipinski definition) is 6. The van der Waals surface area contributed by atoms with Crippen molar-refractivity contribution < 1.29 is 19.7 Å². The highest BCUT2D eigenvalue weighted by Crippen LogP contribution is 2.26.